The third kappa shape index (κ3) is 8.27. The van der Waals surface area contributed by atoms with Crippen molar-refractivity contribution in [2.45, 2.75) is 128 Å². The Bertz CT molecular complexity index is 2070. The number of alkyl halides is 3. The summed E-state index contributed by atoms with van der Waals surface area (Å²) in [5, 5.41) is 24.3. The van der Waals surface area contributed by atoms with Gasteiger partial charge in [-0.2, -0.15) is 13.2 Å². The maximum Gasteiger partial charge on any atom is 0.416 e. The topological polar surface area (TPSA) is 100 Å². The van der Waals surface area contributed by atoms with Crippen LogP contribution in [0.5, 0.6) is 0 Å². The van der Waals surface area contributed by atoms with Crippen molar-refractivity contribution in [1.29, 1.82) is 0 Å². The molecule has 7 aliphatic carbocycles. The second-order valence-corrected chi connectivity index (χ2v) is 19.5. The van der Waals surface area contributed by atoms with Gasteiger partial charge in [0.2, 0.25) is 5.78 Å². The molecule has 7 nitrogen and oxygen atoms in total. The summed E-state index contributed by atoms with van der Waals surface area (Å²) >= 11 is 6.36. The molecule has 59 heavy (non-hydrogen) atoms. The zero-order chi connectivity index (χ0) is 41.9. The van der Waals surface area contributed by atoms with Gasteiger partial charge in [0, 0.05) is 23.1 Å². The van der Waals surface area contributed by atoms with Crippen LogP contribution in [-0.4, -0.2) is 58.4 Å². The van der Waals surface area contributed by atoms with Crippen molar-refractivity contribution in [3.05, 3.63) is 93.2 Å². The van der Waals surface area contributed by atoms with Crippen LogP contribution in [0.1, 0.15) is 137 Å². The summed E-state index contributed by atoms with van der Waals surface area (Å²) in [7, 11) is 0. The van der Waals surface area contributed by atoms with Gasteiger partial charge in [-0.05, 0) is 174 Å². The van der Waals surface area contributed by atoms with Crippen LogP contribution in [0.4, 0.5) is 18.0 Å². The van der Waals surface area contributed by atoms with E-state index in [4.69, 9.17) is 20.8 Å². The molecule has 1 heterocycles. The fraction of sp³-hybridized carbons (Fsp3) is 0.583. The minimum absolute atomic E-state index is 0.0172. The van der Waals surface area contributed by atoms with E-state index in [1.54, 1.807) is 6.07 Å². The predicted octanol–water partition coefficient (Wildman–Crippen LogP) is 11.6. The van der Waals surface area contributed by atoms with Crippen LogP contribution in [0.15, 0.2) is 64.6 Å². The standard InChI is InChI=1S/C48H57ClF3NO6/c1-4-58-44(56)53(27-46-24-31-18-32(25-46)20-33(19-31)26-46)28-47(57)17-15-39-36-11-8-30(21-35(54)10-7-29(2)6-5-16-45(39,47)3)22-37(36)43(55)42-14-13-41(59-42)38-23-34(48(50,51)52)9-12-40(38)49/h6,8-9,11-14,22-23,31-33,35,39,54,57H,4-5,7,10,15-21,24-28H2,1-3H3/t31?,32?,33?,35-,39-,45-,46?,47+/m0/s1. The first kappa shape index (κ1) is 42.1. The number of rotatable bonds is 8. The Labute approximate surface area is 350 Å². The number of furan rings is 1. The number of halogens is 4. The normalized spacial score (nSPS) is 31.7. The lowest BCUT2D eigenvalue weighted by Gasteiger charge is -2.58. The highest BCUT2D eigenvalue weighted by atomic mass is 35.5. The van der Waals surface area contributed by atoms with E-state index in [1.165, 1.54) is 31.4 Å². The van der Waals surface area contributed by atoms with E-state index in [-0.39, 0.29) is 46.6 Å². The summed E-state index contributed by atoms with van der Waals surface area (Å²) in [6.45, 7) is 6.90. The van der Waals surface area contributed by atoms with E-state index in [0.29, 0.717) is 74.8 Å². The van der Waals surface area contributed by atoms with Gasteiger partial charge >= 0.3 is 12.3 Å². The van der Waals surface area contributed by atoms with Gasteiger partial charge in [-0.3, -0.25) is 4.79 Å². The van der Waals surface area contributed by atoms with Gasteiger partial charge in [-0.1, -0.05) is 42.3 Å². The minimum atomic E-state index is -4.60. The van der Waals surface area contributed by atoms with Crippen LogP contribution in [0.25, 0.3) is 11.3 Å². The number of aliphatic hydroxyl groups excluding tert-OH is 1. The van der Waals surface area contributed by atoms with Crippen LogP contribution in [-0.2, 0) is 17.3 Å². The Balaban J connectivity index is 1.16. The molecule has 0 spiro atoms. The molecule has 1 amide bonds. The highest BCUT2D eigenvalue weighted by molar-refractivity contribution is 6.33. The van der Waals surface area contributed by atoms with E-state index in [2.05, 4.69) is 19.9 Å². The van der Waals surface area contributed by atoms with Gasteiger partial charge in [0.1, 0.15) is 5.76 Å². The molecule has 5 saturated carbocycles. The number of nitrogens with zero attached hydrogens (tertiary/aromatic N) is 1. The average molecular weight is 836 g/mol. The number of ether oxygens (including phenoxy) is 1. The van der Waals surface area contributed by atoms with E-state index >= 15 is 0 Å². The van der Waals surface area contributed by atoms with Crippen LogP contribution >= 0.6 is 11.6 Å². The lowest BCUT2D eigenvalue weighted by molar-refractivity contribution is -0.137. The molecule has 2 N–H and O–H groups in total. The summed E-state index contributed by atoms with van der Waals surface area (Å²) < 4.78 is 52.7. The molecular formula is C48H57ClF3NO6. The van der Waals surface area contributed by atoms with Crippen molar-refractivity contribution >= 4 is 23.5 Å². The number of aliphatic hydroxyl groups is 2. The lowest BCUT2D eigenvalue weighted by Crippen LogP contribution is -2.58. The smallest absolute Gasteiger partial charge is 0.416 e. The van der Waals surface area contributed by atoms with Gasteiger partial charge < -0.3 is 24.3 Å². The molecule has 0 unspecified atom stereocenters. The average Bonchev–Trinajstić information content (AvgIpc) is 3.75. The molecule has 318 valence electrons. The fourth-order valence-corrected chi connectivity index (χ4v) is 12.6. The van der Waals surface area contributed by atoms with Crippen LogP contribution in [0, 0.1) is 28.6 Å². The number of ketones is 1. The van der Waals surface area contributed by atoms with Crippen molar-refractivity contribution in [3.8, 4) is 11.3 Å². The SMILES string of the molecule is CCOC(=O)N(CC12CC3CC(CC(C3)C1)C2)C[C@]1(O)CC[C@H]2c3ccc(cc3C(=O)c3ccc(-c4cc(C(F)(F)F)ccc4Cl)o3)C[C@@H](O)CCC(C)=CCC[C@@]21C. The first-order valence-electron chi connectivity index (χ1n) is 21.6. The molecule has 0 aliphatic heterocycles. The predicted molar refractivity (Wildman–Crippen MR) is 220 cm³/mol. The Morgan fingerprint density at radius 1 is 0.966 bits per heavy atom. The van der Waals surface area contributed by atoms with Crippen molar-refractivity contribution in [3.63, 3.8) is 0 Å². The minimum Gasteiger partial charge on any atom is -0.453 e. The van der Waals surface area contributed by atoms with Crippen molar-refractivity contribution in [2.24, 2.45) is 28.6 Å². The van der Waals surface area contributed by atoms with E-state index in [0.717, 1.165) is 54.2 Å². The van der Waals surface area contributed by atoms with E-state index in [1.807, 2.05) is 24.0 Å². The number of hydrogen-bond acceptors (Lipinski definition) is 6. The third-order valence-electron chi connectivity index (χ3n) is 15.0. The largest absolute Gasteiger partial charge is 0.453 e. The van der Waals surface area contributed by atoms with Crippen molar-refractivity contribution in [2.75, 3.05) is 19.7 Å². The Kier molecular flexibility index (Phi) is 11.4. The number of carbonyl (C=O) groups is 2. The van der Waals surface area contributed by atoms with Gasteiger partial charge in [0.05, 0.1) is 35.4 Å². The molecular weight excluding hydrogens is 779 g/mol. The summed E-state index contributed by atoms with van der Waals surface area (Å²) in [6, 6.07) is 11.6. The first-order chi connectivity index (χ1) is 28.0. The molecule has 7 aliphatic rings. The number of allylic oxidation sites excluding steroid dienone is 2. The summed E-state index contributed by atoms with van der Waals surface area (Å²) in [4.78, 5) is 30.5. The first-order valence-corrected chi connectivity index (χ1v) is 22.0. The summed E-state index contributed by atoms with van der Waals surface area (Å²) in [5.74, 6) is 1.29. The van der Waals surface area contributed by atoms with E-state index < -0.39 is 40.7 Å². The molecule has 0 radical (unpaired) electrons. The van der Waals surface area contributed by atoms with Gasteiger partial charge in [0.15, 0.2) is 5.76 Å². The number of benzene rings is 2. The van der Waals surface area contributed by atoms with Gasteiger partial charge in [-0.15, -0.1) is 0 Å². The molecule has 10 rings (SSSR count). The fourth-order valence-electron chi connectivity index (χ4n) is 12.4. The zero-order valence-corrected chi connectivity index (χ0v) is 35.1. The number of fused-ring (bicyclic) bond motifs is 8. The molecule has 6 bridgehead atoms. The maximum absolute atomic E-state index is 14.7. The number of hydrogen-bond donors (Lipinski definition) is 2. The zero-order valence-electron chi connectivity index (χ0n) is 34.4. The molecule has 11 heteroatoms. The highest BCUT2D eigenvalue weighted by Gasteiger charge is 2.59. The Morgan fingerprint density at radius 2 is 1.68 bits per heavy atom. The van der Waals surface area contributed by atoms with Crippen LogP contribution < -0.4 is 0 Å². The summed E-state index contributed by atoms with van der Waals surface area (Å²) in [6.07, 6.45) is 7.49. The van der Waals surface area contributed by atoms with Gasteiger partial charge in [0.25, 0.3) is 0 Å². The Hall–Kier alpha value is -3.60. The Morgan fingerprint density at radius 3 is 2.36 bits per heavy atom. The monoisotopic (exact) mass is 835 g/mol. The molecule has 3 aromatic rings. The number of amides is 1. The van der Waals surface area contributed by atoms with E-state index in [9.17, 15) is 33.0 Å². The lowest BCUT2D eigenvalue weighted by atomic mass is 9.49. The van der Waals surface area contributed by atoms with Crippen molar-refractivity contribution in [1.82, 2.24) is 4.90 Å². The highest BCUT2D eigenvalue weighted by Crippen LogP contribution is 2.62. The maximum atomic E-state index is 14.7. The molecule has 1 aromatic heterocycles. The molecule has 4 atom stereocenters. The number of carbonyl (C=O) groups excluding carboxylic acids is 2. The second kappa shape index (κ2) is 16.0. The molecule has 2 aromatic carbocycles. The molecule has 0 saturated heterocycles. The molecule has 5 fully saturated rings. The quantitative estimate of drug-likeness (QED) is 0.173. The summed E-state index contributed by atoms with van der Waals surface area (Å²) in [5.41, 5.74) is 0.0413. The van der Waals surface area contributed by atoms with Crippen molar-refractivity contribution < 1.29 is 42.1 Å². The van der Waals surface area contributed by atoms with Gasteiger partial charge in [-0.25, -0.2) is 4.79 Å². The van der Waals surface area contributed by atoms with Crippen LogP contribution in [0.3, 0.4) is 0 Å². The second-order valence-electron chi connectivity index (χ2n) is 19.1. The van der Waals surface area contributed by atoms with Crippen LogP contribution in [0.2, 0.25) is 5.02 Å². The third-order valence-corrected chi connectivity index (χ3v) is 15.3.